The highest BCUT2D eigenvalue weighted by atomic mass is 32.2. The molecule has 0 atom stereocenters. The summed E-state index contributed by atoms with van der Waals surface area (Å²) in [4.78, 5) is 4.29. The van der Waals surface area contributed by atoms with Crippen LogP contribution in [0.5, 0.6) is 11.5 Å². The number of morpholine rings is 1. The predicted octanol–water partition coefficient (Wildman–Crippen LogP) is 2.03. The third-order valence-corrected chi connectivity index (χ3v) is 6.20. The molecule has 1 aliphatic heterocycles. The number of rotatable bonds is 6. The van der Waals surface area contributed by atoms with Crippen molar-refractivity contribution in [3.05, 3.63) is 30.3 Å². The molecule has 0 amide bonds. The summed E-state index contributed by atoms with van der Waals surface area (Å²) in [5.41, 5.74) is 0.644. The average Bonchev–Trinajstić information content (AvgIpc) is 3.44. The van der Waals surface area contributed by atoms with E-state index >= 15 is 0 Å². The second-order valence-corrected chi connectivity index (χ2v) is 8.00. The van der Waals surface area contributed by atoms with E-state index in [-0.39, 0.29) is 29.8 Å². The van der Waals surface area contributed by atoms with Crippen LogP contribution in [-0.4, -0.2) is 63.4 Å². The molecule has 1 aromatic carbocycles. The van der Waals surface area contributed by atoms with Gasteiger partial charge in [-0.05, 0) is 30.3 Å². The van der Waals surface area contributed by atoms with Gasteiger partial charge in [0.05, 0.1) is 27.4 Å². The molecule has 154 valence electrons. The number of nitrogens with zero attached hydrogens (tertiary/aromatic N) is 3. The van der Waals surface area contributed by atoms with Gasteiger partial charge in [0.2, 0.25) is 10.9 Å². The zero-order valence-corrected chi connectivity index (χ0v) is 16.6. The zero-order chi connectivity index (χ0) is 20.4. The molecule has 0 radical (unpaired) electrons. The minimum absolute atomic E-state index is 0.0678. The first-order chi connectivity index (χ1) is 14.0. The van der Waals surface area contributed by atoms with Gasteiger partial charge in [-0.15, -0.1) is 0 Å². The van der Waals surface area contributed by atoms with Gasteiger partial charge in [0.15, 0.2) is 17.3 Å². The molecule has 1 fully saturated rings. The molecule has 0 bridgehead atoms. The summed E-state index contributed by atoms with van der Waals surface area (Å²) < 4.78 is 53.1. The van der Waals surface area contributed by atoms with Crippen LogP contribution in [0.1, 0.15) is 0 Å². The van der Waals surface area contributed by atoms with E-state index in [9.17, 15) is 8.42 Å². The predicted molar refractivity (Wildman–Crippen MR) is 100 cm³/mol. The Kier molecular flexibility index (Phi) is 5.26. The van der Waals surface area contributed by atoms with E-state index in [1.807, 2.05) is 0 Å². The van der Waals surface area contributed by atoms with Crippen molar-refractivity contribution in [3.8, 4) is 34.5 Å². The second-order valence-electron chi connectivity index (χ2n) is 6.13. The van der Waals surface area contributed by atoms with Crippen molar-refractivity contribution in [3.63, 3.8) is 0 Å². The molecular weight excluding hydrogens is 402 g/mol. The number of hydrogen-bond donors (Lipinski definition) is 0. The smallest absolute Gasteiger partial charge is 0.293 e. The minimum atomic E-state index is -3.74. The topological polar surface area (TPSA) is 117 Å². The lowest BCUT2D eigenvalue weighted by atomic mass is 10.2. The van der Waals surface area contributed by atoms with Gasteiger partial charge in [-0.1, -0.05) is 5.16 Å². The molecule has 0 spiro atoms. The molecule has 3 heterocycles. The highest BCUT2D eigenvalue weighted by Gasteiger charge is 2.30. The summed E-state index contributed by atoms with van der Waals surface area (Å²) in [6.45, 7) is 1.26. The molecule has 29 heavy (non-hydrogen) atoms. The summed E-state index contributed by atoms with van der Waals surface area (Å²) >= 11 is 0. The van der Waals surface area contributed by atoms with Crippen molar-refractivity contribution < 1.29 is 31.6 Å². The Morgan fingerprint density at radius 1 is 1.03 bits per heavy atom. The molecule has 4 rings (SSSR count). The van der Waals surface area contributed by atoms with E-state index in [4.69, 9.17) is 23.2 Å². The number of hydrogen-bond acceptors (Lipinski definition) is 9. The largest absolute Gasteiger partial charge is 0.493 e. The molecule has 1 aliphatic rings. The van der Waals surface area contributed by atoms with Crippen LogP contribution in [0.25, 0.3) is 23.0 Å². The summed E-state index contributed by atoms with van der Waals surface area (Å²) in [5.74, 6) is 1.63. The van der Waals surface area contributed by atoms with Gasteiger partial charge in [-0.3, -0.25) is 0 Å². The maximum absolute atomic E-state index is 12.7. The fourth-order valence-electron chi connectivity index (χ4n) is 2.90. The monoisotopic (exact) mass is 421 g/mol. The van der Waals surface area contributed by atoms with Crippen molar-refractivity contribution in [2.24, 2.45) is 0 Å². The lowest BCUT2D eigenvalue weighted by Crippen LogP contribution is -2.40. The molecule has 0 N–H and O–H groups in total. The fourth-order valence-corrected chi connectivity index (χ4v) is 4.22. The highest BCUT2D eigenvalue weighted by molar-refractivity contribution is 7.89. The first-order valence-electron chi connectivity index (χ1n) is 8.77. The van der Waals surface area contributed by atoms with E-state index in [1.54, 1.807) is 25.3 Å². The van der Waals surface area contributed by atoms with Crippen LogP contribution in [-0.2, 0) is 14.8 Å². The van der Waals surface area contributed by atoms with Gasteiger partial charge in [0.25, 0.3) is 15.9 Å². The molecule has 11 heteroatoms. The first kappa shape index (κ1) is 19.4. The lowest BCUT2D eigenvalue weighted by Gasteiger charge is -2.24. The molecule has 1 saturated heterocycles. The number of aromatic nitrogens is 2. The number of ether oxygens (including phenoxy) is 3. The van der Waals surface area contributed by atoms with Gasteiger partial charge < -0.3 is 23.2 Å². The van der Waals surface area contributed by atoms with E-state index in [0.717, 1.165) is 0 Å². The minimum Gasteiger partial charge on any atom is -0.493 e. The van der Waals surface area contributed by atoms with Crippen molar-refractivity contribution in [2.75, 3.05) is 40.5 Å². The van der Waals surface area contributed by atoms with Crippen LogP contribution < -0.4 is 9.47 Å². The average molecular weight is 421 g/mol. The maximum atomic E-state index is 12.7. The van der Waals surface area contributed by atoms with Crippen LogP contribution in [0.15, 0.2) is 44.4 Å². The Balaban J connectivity index is 1.59. The summed E-state index contributed by atoms with van der Waals surface area (Å²) in [6.07, 6.45) is 0. The van der Waals surface area contributed by atoms with Crippen LogP contribution in [0, 0.1) is 0 Å². The van der Waals surface area contributed by atoms with Gasteiger partial charge in [-0.25, -0.2) is 8.42 Å². The first-order valence-corrected chi connectivity index (χ1v) is 10.2. The van der Waals surface area contributed by atoms with Gasteiger partial charge in [0.1, 0.15) is 0 Å². The van der Waals surface area contributed by atoms with E-state index < -0.39 is 10.0 Å². The van der Waals surface area contributed by atoms with E-state index in [1.165, 1.54) is 23.5 Å². The maximum Gasteiger partial charge on any atom is 0.293 e. The molecule has 0 saturated carbocycles. The zero-order valence-electron chi connectivity index (χ0n) is 15.8. The Hall–Kier alpha value is -2.89. The number of sulfonamides is 1. The number of methoxy groups -OCH3 is 2. The van der Waals surface area contributed by atoms with Crippen molar-refractivity contribution in [2.45, 2.75) is 5.09 Å². The van der Waals surface area contributed by atoms with Crippen LogP contribution in [0.2, 0.25) is 0 Å². The fraction of sp³-hybridized carbons (Fsp3) is 0.333. The molecule has 3 aromatic rings. The van der Waals surface area contributed by atoms with E-state index in [0.29, 0.717) is 36.1 Å². The molecule has 2 aromatic heterocycles. The van der Waals surface area contributed by atoms with Gasteiger partial charge >= 0.3 is 0 Å². The third kappa shape index (κ3) is 3.71. The summed E-state index contributed by atoms with van der Waals surface area (Å²) in [5, 5.41) is 3.76. The van der Waals surface area contributed by atoms with Crippen LogP contribution in [0.3, 0.4) is 0 Å². The quantitative estimate of drug-likeness (QED) is 0.589. The Morgan fingerprint density at radius 2 is 1.79 bits per heavy atom. The van der Waals surface area contributed by atoms with Crippen molar-refractivity contribution in [1.29, 1.82) is 0 Å². The Labute approximate surface area is 167 Å². The Bertz CT molecular complexity index is 1100. The molecule has 10 nitrogen and oxygen atoms in total. The summed E-state index contributed by atoms with van der Waals surface area (Å²) in [6, 6.07) is 8.06. The van der Waals surface area contributed by atoms with Gasteiger partial charge in [-0.2, -0.15) is 9.29 Å². The highest BCUT2D eigenvalue weighted by Crippen LogP contribution is 2.32. The standard InChI is InChI=1S/C18H19N3O7S/c1-24-13-4-3-12(11-15(13)25-2)17-19-18(28-20-17)14-5-6-16(27-14)29(22,23)21-7-9-26-10-8-21/h3-6,11H,7-10H2,1-2H3. The third-order valence-electron chi connectivity index (χ3n) is 4.42. The normalized spacial score (nSPS) is 15.4. The molecule has 0 aliphatic carbocycles. The van der Waals surface area contributed by atoms with Crippen LogP contribution in [0.4, 0.5) is 0 Å². The van der Waals surface area contributed by atoms with Crippen molar-refractivity contribution in [1.82, 2.24) is 14.4 Å². The lowest BCUT2D eigenvalue weighted by molar-refractivity contribution is 0.0724. The van der Waals surface area contributed by atoms with Crippen molar-refractivity contribution >= 4 is 10.0 Å². The molecular formula is C18H19N3O7S. The second kappa shape index (κ2) is 7.85. The van der Waals surface area contributed by atoms with Crippen LogP contribution >= 0.6 is 0 Å². The summed E-state index contributed by atoms with van der Waals surface area (Å²) in [7, 11) is -0.669. The van der Waals surface area contributed by atoms with Gasteiger partial charge in [0, 0.05) is 18.7 Å². The number of furan rings is 1. The number of benzene rings is 1. The molecule has 0 unspecified atom stereocenters. The SMILES string of the molecule is COc1ccc(-c2noc(-c3ccc(S(=O)(=O)N4CCOCC4)o3)n2)cc1OC. The van der Waals surface area contributed by atoms with E-state index in [2.05, 4.69) is 10.1 Å². The Morgan fingerprint density at radius 3 is 2.52 bits per heavy atom.